The molecule has 1 rings (SSSR count). The van der Waals surface area contributed by atoms with E-state index in [-0.39, 0.29) is 11.9 Å². The Morgan fingerprint density at radius 1 is 1.47 bits per heavy atom. The fourth-order valence-corrected chi connectivity index (χ4v) is 2.47. The Balaban J connectivity index is 2.29. The number of hydrogen-bond donors (Lipinski definition) is 2. The normalized spacial score (nSPS) is 12.8. The SMILES string of the molecule is CC(C)CNC(=O)C(C)NCc1csc(Br)c1. The minimum atomic E-state index is -0.160. The minimum absolute atomic E-state index is 0.0630. The summed E-state index contributed by atoms with van der Waals surface area (Å²) >= 11 is 5.08. The molecule has 0 saturated carbocycles. The molecule has 96 valence electrons. The molecule has 1 atom stereocenters. The van der Waals surface area contributed by atoms with E-state index in [2.05, 4.69) is 51.9 Å². The Morgan fingerprint density at radius 3 is 2.71 bits per heavy atom. The van der Waals surface area contributed by atoms with Gasteiger partial charge in [0.25, 0.3) is 0 Å². The molecule has 5 heteroatoms. The highest BCUT2D eigenvalue weighted by Gasteiger charge is 2.12. The van der Waals surface area contributed by atoms with Crippen LogP contribution in [0.25, 0.3) is 0 Å². The van der Waals surface area contributed by atoms with Crippen molar-refractivity contribution in [2.24, 2.45) is 5.92 Å². The lowest BCUT2D eigenvalue weighted by Crippen LogP contribution is -2.42. The van der Waals surface area contributed by atoms with Crippen LogP contribution < -0.4 is 10.6 Å². The molecular weight excluding hydrogens is 300 g/mol. The third kappa shape index (κ3) is 5.66. The third-order valence-corrected chi connectivity index (χ3v) is 3.87. The lowest BCUT2D eigenvalue weighted by Gasteiger charge is -2.14. The van der Waals surface area contributed by atoms with Gasteiger partial charge in [-0.05, 0) is 45.8 Å². The van der Waals surface area contributed by atoms with Gasteiger partial charge in [0.15, 0.2) is 0 Å². The zero-order valence-electron chi connectivity index (χ0n) is 10.4. The predicted molar refractivity (Wildman–Crippen MR) is 76.2 cm³/mol. The topological polar surface area (TPSA) is 41.1 Å². The highest BCUT2D eigenvalue weighted by atomic mass is 79.9. The number of carbonyl (C=O) groups excluding carboxylic acids is 1. The first-order valence-electron chi connectivity index (χ1n) is 5.73. The van der Waals surface area contributed by atoms with E-state index in [1.807, 2.05) is 6.92 Å². The monoisotopic (exact) mass is 318 g/mol. The Morgan fingerprint density at radius 2 is 2.18 bits per heavy atom. The molecule has 0 bridgehead atoms. The summed E-state index contributed by atoms with van der Waals surface area (Å²) in [4.78, 5) is 11.7. The molecule has 2 N–H and O–H groups in total. The van der Waals surface area contributed by atoms with Crippen molar-refractivity contribution in [2.45, 2.75) is 33.4 Å². The molecule has 0 spiro atoms. The van der Waals surface area contributed by atoms with Crippen molar-refractivity contribution >= 4 is 33.2 Å². The standard InChI is InChI=1S/C12H19BrN2OS/c1-8(2)5-15-12(16)9(3)14-6-10-4-11(13)17-7-10/h4,7-9,14H,5-6H2,1-3H3,(H,15,16). The molecule has 1 aromatic rings. The summed E-state index contributed by atoms with van der Waals surface area (Å²) < 4.78 is 1.12. The molecule has 1 unspecified atom stereocenters. The van der Waals surface area contributed by atoms with Crippen LogP contribution in [0.3, 0.4) is 0 Å². The van der Waals surface area contributed by atoms with Gasteiger partial charge in [-0.15, -0.1) is 11.3 Å². The van der Waals surface area contributed by atoms with Crippen LogP contribution in [0.2, 0.25) is 0 Å². The molecule has 1 amide bonds. The Kier molecular flexibility index (Phi) is 6.16. The Hall–Kier alpha value is -0.390. The fraction of sp³-hybridized carbons (Fsp3) is 0.583. The number of carbonyl (C=O) groups is 1. The van der Waals surface area contributed by atoms with Crippen molar-refractivity contribution in [1.29, 1.82) is 0 Å². The summed E-state index contributed by atoms with van der Waals surface area (Å²) in [5.41, 5.74) is 1.20. The largest absolute Gasteiger partial charge is 0.354 e. The summed E-state index contributed by atoms with van der Waals surface area (Å²) in [6, 6.07) is 1.91. The summed E-state index contributed by atoms with van der Waals surface area (Å²) in [6.45, 7) is 7.51. The summed E-state index contributed by atoms with van der Waals surface area (Å²) in [7, 11) is 0. The number of rotatable bonds is 6. The molecule has 3 nitrogen and oxygen atoms in total. The number of thiophene rings is 1. The van der Waals surface area contributed by atoms with Crippen molar-refractivity contribution in [3.05, 3.63) is 20.8 Å². The van der Waals surface area contributed by atoms with E-state index in [4.69, 9.17) is 0 Å². The van der Waals surface area contributed by atoms with Gasteiger partial charge in [-0.2, -0.15) is 0 Å². The summed E-state index contributed by atoms with van der Waals surface area (Å²) in [5.74, 6) is 0.548. The average Bonchev–Trinajstić information content (AvgIpc) is 2.68. The summed E-state index contributed by atoms with van der Waals surface area (Å²) in [5, 5.41) is 8.20. The first-order chi connectivity index (χ1) is 7.99. The van der Waals surface area contributed by atoms with Crippen molar-refractivity contribution < 1.29 is 4.79 Å². The van der Waals surface area contributed by atoms with Crippen LogP contribution in [0.15, 0.2) is 15.2 Å². The van der Waals surface area contributed by atoms with Crippen LogP contribution in [0, 0.1) is 5.92 Å². The maximum atomic E-state index is 11.7. The zero-order chi connectivity index (χ0) is 12.8. The van der Waals surface area contributed by atoms with Crippen molar-refractivity contribution in [3.8, 4) is 0 Å². The molecule has 0 fully saturated rings. The molecule has 1 heterocycles. The van der Waals surface area contributed by atoms with Gasteiger partial charge < -0.3 is 10.6 Å². The van der Waals surface area contributed by atoms with Crippen molar-refractivity contribution in [3.63, 3.8) is 0 Å². The van der Waals surface area contributed by atoms with Crippen LogP contribution in [0.1, 0.15) is 26.3 Å². The molecule has 17 heavy (non-hydrogen) atoms. The van der Waals surface area contributed by atoms with Gasteiger partial charge >= 0.3 is 0 Å². The van der Waals surface area contributed by atoms with Gasteiger partial charge in [0, 0.05) is 13.1 Å². The minimum Gasteiger partial charge on any atom is -0.354 e. The number of nitrogens with one attached hydrogen (secondary N) is 2. The van der Waals surface area contributed by atoms with E-state index < -0.39 is 0 Å². The maximum absolute atomic E-state index is 11.7. The van der Waals surface area contributed by atoms with Crippen LogP contribution in [0.4, 0.5) is 0 Å². The number of hydrogen-bond acceptors (Lipinski definition) is 3. The number of amides is 1. The van der Waals surface area contributed by atoms with Crippen LogP contribution >= 0.6 is 27.3 Å². The van der Waals surface area contributed by atoms with E-state index in [1.165, 1.54) is 5.56 Å². The highest BCUT2D eigenvalue weighted by Crippen LogP contribution is 2.20. The predicted octanol–water partition coefficient (Wildman–Crippen LogP) is 2.76. The Bertz CT molecular complexity index is 365. The molecule has 0 radical (unpaired) electrons. The molecule has 0 aliphatic carbocycles. The van der Waals surface area contributed by atoms with E-state index in [1.54, 1.807) is 11.3 Å². The second kappa shape index (κ2) is 7.13. The van der Waals surface area contributed by atoms with Crippen molar-refractivity contribution in [1.82, 2.24) is 10.6 Å². The van der Waals surface area contributed by atoms with E-state index in [0.717, 1.165) is 16.9 Å². The van der Waals surface area contributed by atoms with E-state index >= 15 is 0 Å². The number of halogens is 1. The van der Waals surface area contributed by atoms with E-state index in [9.17, 15) is 4.79 Å². The lowest BCUT2D eigenvalue weighted by molar-refractivity contribution is -0.122. The van der Waals surface area contributed by atoms with Gasteiger partial charge in [-0.1, -0.05) is 13.8 Å². The molecule has 0 aromatic carbocycles. The Labute approximate surface area is 115 Å². The first-order valence-corrected chi connectivity index (χ1v) is 7.40. The van der Waals surface area contributed by atoms with Gasteiger partial charge in [0.2, 0.25) is 5.91 Å². The fourth-order valence-electron chi connectivity index (χ4n) is 1.26. The maximum Gasteiger partial charge on any atom is 0.236 e. The molecule has 0 saturated heterocycles. The van der Waals surface area contributed by atoms with Crippen LogP contribution in [-0.2, 0) is 11.3 Å². The highest BCUT2D eigenvalue weighted by molar-refractivity contribution is 9.11. The average molecular weight is 319 g/mol. The second-order valence-electron chi connectivity index (χ2n) is 4.50. The van der Waals surface area contributed by atoms with Crippen LogP contribution in [0.5, 0.6) is 0 Å². The second-order valence-corrected chi connectivity index (χ2v) is 6.79. The smallest absolute Gasteiger partial charge is 0.236 e. The van der Waals surface area contributed by atoms with E-state index in [0.29, 0.717) is 5.92 Å². The van der Waals surface area contributed by atoms with Gasteiger partial charge in [-0.25, -0.2) is 0 Å². The first kappa shape index (κ1) is 14.7. The lowest BCUT2D eigenvalue weighted by atomic mass is 10.2. The van der Waals surface area contributed by atoms with Gasteiger partial charge in [0.05, 0.1) is 9.83 Å². The zero-order valence-corrected chi connectivity index (χ0v) is 12.8. The van der Waals surface area contributed by atoms with Crippen molar-refractivity contribution in [2.75, 3.05) is 6.54 Å². The third-order valence-electron chi connectivity index (χ3n) is 2.31. The van der Waals surface area contributed by atoms with Gasteiger partial charge in [-0.3, -0.25) is 4.79 Å². The molecular formula is C12H19BrN2OS. The van der Waals surface area contributed by atoms with Gasteiger partial charge in [0.1, 0.15) is 0 Å². The molecule has 1 aromatic heterocycles. The molecule has 0 aliphatic rings. The summed E-state index contributed by atoms with van der Waals surface area (Å²) in [6.07, 6.45) is 0. The molecule has 0 aliphatic heterocycles. The van der Waals surface area contributed by atoms with Crippen LogP contribution in [-0.4, -0.2) is 18.5 Å². The quantitative estimate of drug-likeness (QED) is 0.846.